The molecule has 20 heavy (non-hydrogen) atoms. The van der Waals surface area contributed by atoms with Gasteiger partial charge in [0.2, 0.25) is 5.91 Å². The second-order valence-corrected chi connectivity index (χ2v) is 4.76. The highest BCUT2D eigenvalue weighted by Gasteiger charge is 2.05. The van der Waals surface area contributed by atoms with Crippen molar-refractivity contribution >= 4 is 11.6 Å². The molecule has 3 nitrogen and oxygen atoms in total. The molecule has 2 aromatic rings. The maximum atomic E-state index is 12.9. The second kappa shape index (κ2) is 6.19. The van der Waals surface area contributed by atoms with Crippen LogP contribution in [0, 0.1) is 5.82 Å². The van der Waals surface area contributed by atoms with E-state index in [1.54, 1.807) is 12.1 Å². The average molecular weight is 272 g/mol. The summed E-state index contributed by atoms with van der Waals surface area (Å²) in [4.78, 5) is 10.8. The van der Waals surface area contributed by atoms with Crippen LogP contribution < -0.4 is 11.1 Å². The first-order chi connectivity index (χ1) is 9.54. The van der Waals surface area contributed by atoms with Crippen LogP contribution in [-0.4, -0.2) is 5.91 Å². The summed E-state index contributed by atoms with van der Waals surface area (Å²) in [5.41, 5.74) is 7.98. The smallest absolute Gasteiger partial charge is 0.221 e. The normalized spacial score (nSPS) is 11.9. The lowest BCUT2D eigenvalue weighted by atomic mass is 10.1. The van der Waals surface area contributed by atoms with Gasteiger partial charge in [0.25, 0.3) is 0 Å². The fourth-order valence-electron chi connectivity index (χ4n) is 2.00. The van der Waals surface area contributed by atoms with Crippen LogP contribution in [0.3, 0.4) is 0 Å². The predicted molar refractivity (Wildman–Crippen MR) is 77.8 cm³/mol. The van der Waals surface area contributed by atoms with Crippen LogP contribution >= 0.6 is 0 Å². The first-order valence-corrected chi connectivity index (χ1v) is 6.44. The number of primary amides is 1. The maximum Gasteiger partial charge on any atom is 0.221 e. The number of halogens is 1. The average Bonchev–Trinajstić information content (AvgIpc) is 2.41. The molecule has 0 bridgehead atoms. The topological polar surface area (TPSA) is 55.1 Å². The van der Waals surface area contributed by atoms with Gasteiger partial charge < -0.3 is 11.1 Å². The summed E-state index contributed by atoms with van der Waals surface area (Å²) in [6, 6.07) is 14.0. The minimum Gasteiger partial charge on any atom is -0.379 e. The molecule has 2 rings (SSSR count). The van der Waals surface area contributed by atoms with Crippen LogP contribution in [0.1, 0.15) is 24.1 Å². The van der Waals surface area contributed by atoms with Gasteiger partial charge in [-0.15, -0.1) is 0 Å². The van der Waals surface area contributed by atoms with Gasteiger partial charge in [-0.2, -0.15) is 0 Å². The summed E-state index contributed by atoms with van der Waals surface area (Å²) < 4.78 is 12.9. The summed E-state index contributed by atoms with van der Waals surface area (Å²) in [5.74, 6) is -0.581. The zero-order chi connectivity index (χ0) is 14.5. The molecule has 1 atom stereocenters. The standard InChI is InChI=1S/C16H17FN2O/c1-11(13-4-6-14(17)7-5-13)19-15-8-2-12(3-9-15)10-16(18)20/h2-9,11,19H,10H2,1H3,(H2,18,20). The molecule has 0 aromatic heterocycles. The minimum absolute atomic E-state index is 0.0672. The number of amides is 1. The molecule has 0 saturated carbocycles. The van der Waals surface area contributed by atoms with Gasteiger partial charge in [-0.05, 0) is 42.3 Å². The number of nitrogens with two attached hydrogens (primary N) is 1. The fourth-order valence-corrected chi connectivity index (χ4v) is 2.00. The summed E-state index contributed by atoms with van der Waals surface area (Å²) in [7, 11) is 0. The molecule has 0 saturated heterocycles. The molecule has 1 unspecified atom stereocenters. The molecule has 0 aliphatic rings. The van der Waals surface area contributed by atoms with E-state index in [-0.39, 0.29) is 24.2 Å². The first kappa shape index (κ1) is 14.1. The third-order valence-corrected chi connectivity index (χ3v) is 3.09. The number of hydrogen-bond donors (Lipinski definition) is 2. The Morgan fingerprint density at radius 3 is 2.30 bits per heavy atom. The number of anilines is 1. The van der Waals surface area contributed by atoms with Gasteiger partial charge in [0.1, 0.15) is 5.82 Å². The van der Waals surface area contributed by atoms with E-state index in [4.69, 9.17) is 5.73 Å². The quantitative estimate of drug-likeness (QED) is 0.879. The molecule has 0 aliphatic carbocycles. The van der Waals surface area contributed by atoms with Crippen LogP contribution in [0.5, 0.6) is 0 Å². The summed E-state index contributed by atoms with van der Waals surface area (Å²) >= 11 is 0. The van der Waals surface area contributed by atoms with Crippen molar-refractivity contribution in [2.24, 2.45) is 5.73 Å². The van der Waals surface area contributed by atoms with E-state index in [2.05, 4.69) is 5.32 Å². The first-order valence-electron chi connectivity index (χ1n) is 6.44. The van der Waals surface area contributed by atoms with Crippen molar-refractivity contribution in [1.29, 1.82) is 0 Å². The number of benzene rings is 2. The van der Waals surface area contributed by atoms with Crippen LogP contribution in [0.4, 0.5) is 10.1 Å². The Hall–Kier alpha value is -2.36. The Morgan fingerprint density at radius 1 is 1.15 bits per heavy atom. The minimum atomic E-state index is -0.342. The largest absolute Gasteiger partial charge is 0.379 e. The molecule has 0 spiro atoms. The molecule has 0 fully saturated rings. The molecule has 4 heteroatoms. The van der Waals surface area contributed by atoms with Gasteiger partial charge in [0, 0.05) is 11.7 Å². The summed E-state index contributed by atoms with van der Waals surface area (Å²) in [6.45, 7) is 2.00. The van der Waals surface area contributed by atoms with Crippen molar-refractivity contribution in [3.8, 4) is 0 Å². The van der Waals surface area contributed by atoms with Crippen molar-refractivity contribution in [1.82, 2.24) is 0 Å². The summed E-state index contributed by atoms with van der Waals surface area (Å²) in [6.07, 6.45) is 0.244. The van der Waals surface area contributed by atoms with Crippen LogP contribution in [0.15, 0.2) is 48.5 Å². The van der Waals surface area contributed by atoms with Crippen molar-refractivity contribution in [2.45, 2.75) is 19.4 Å². The SMILES string of the molecule is CC(Nc1ccc(CC(N)=O)cc1)c1ccc(F)cc1. The number of carbonyl (C=O) groups is 1. The number of hydrogen-bond acceptors (Lipinski definition) is 2. The third-order valence-electron chi connectivity index (χ3n) is 3.09. The Morgan fingerprint density at radius 2 is 1.75 bits per heavy atom. The Labute approximate surface area is 117 Å². The van der Waals surface area contributed by atoms with Gasteiger partial charge in [-0.3, -0.25) is 4.79 Å². The Kier molecular flexibility index (Phi) is 4.35. The molecular weight excluding hydrogens is 255 g/mol. The van der Waals surface area contributed by atoms with Crippen molar-refractivity contribution < 1.29 is 9.18 Å². The lowest BCUT2D eigenvalue weighted by Gasteiger charge is -2.16. The highest BCUT2D eigenvalue weighted by atomic mass is 19.1. The highest BCUT2D eigenvalue weighted by Crippen LogP contribution is 2.20. The monoisotopic (exact) mass is 272 g/mol. The van der Waals surface area contributed by atoms with Gasteiger partial charge in [-0.1, -0.05) is 24.3 Å². The highest BCUT2D eigenvalue weighted by molar-refractivity contribution is 5.76. The number of nitrogens with one attached hydrogen (secondary N) is 1. The Balaban J connectivity index is 2.02. The van der Waals surface area contributed by atoms with Gasteiger partial charge in [-0.25, -0.2) is 4.39 Å². The molecule has 3 N–H and O–H groups in total. The third kappa shape index (κ3) is 3.82. The van der Waals surface area contributed by atoms with Gasteiger partial charge in [0.05, 0.1) is 6.42 Å². The zero-order valence-electron chi connectivity index (χ0n) is 11.3. The number of rotatable bonds is 5. The lowest BCUT2D eigenvalue weighted by molar-refractivity contribution is -0.117. The van der Waals surface area contributed by atoms with Crippen molar-refractivity contribution in [3.63, 3.8) is 0 Å². The van der Waals surface area contributed by atoms with E-state index in [1.807, 2.05) is 31.2 Å². The van der Waals surface area contributed by atoms with Crippen molar-refractivity contribution in [3.05, 3.63) is 65.5 Å². The molecule has 1 amide bonds. The van der Waals surface area contributed by atoms with E-state index in [0.29, 0.717) is 0 Å². The molecule has 0 radical (unpaired) electrons. The van der Waals surface area contributed by atoms with E-state index in [1.165, 1.54) is 12.1 Å². The van der Waals surface area contributed by atoms with Crippen LogP contribution in [0.25, 0.3) is 0 Å². The molecule has 2 aromatic carbocycles. The van der Waals surface area contributed by atoms with Crippen LogP contribution in [0.2, 0.25) is 0 Å². The zero-order valence-corrected chi connectivity index (χ0v) is 11.3. The maximum absolute atomic E-state index is 12.9. The van der Waals surface area contributed by atoms with E-state index >= 15 is 0 Å². The van der Waals surface area contributed by atoms with Gasteiger partial charge >= 0.3 is 0 Å². The second-order valence-electron chi connectivity index (χ2n) is 4.76. The molecule has 0 heterocycles. The lowest BCUT2D eigenvalue weighted by Crippen LogP contribution is -2.13. The Bertz CT molecular complexity index is 578. The van der Waals surface area contributed by atoms with Crippen LogP contribution in [-0.2, 0) is 11.2 Å². The number of carbonyl (C=O) groups excluding carboxylic acids is 1. The van der Waals surface area contributed by atoms with Crippen molar-refractivity contribution in [2.75, 3.05) is 5.32 Å². The fraction of sp³-hybridized carbons (Fsp3) is 0.188. The molecule has 0 aliphatic heterocycles. The summed E-state index contributed by atoms with van der Waals surface area (Å²) in [5, 5.41) is 3.32. The van der Waals surface area contributed by atoms with E-state index < -0.39 is 0 Å². The predicted octanol–water partition coefficient (Wildman–Crippen LogP) is 3.03. The van der Waals surface area contributed by atoms with Gasteiger partial charge in [0.15, 0.2) is 0 Å². The molecule has 104 valence electrons. The van der Waals surface area contributed by atoms with E-state index in [0.717, 1.165) is 16.8 Å². The van der Waals surface area contributed by atoms with E-state index in [9.17, 15) is 9.18 Å². The molecular formula is C16H17FN2O.